The Hall–Kier alpha value is -2.33. The van der Waals surface area contributed by atoms with E-state index in [-0.39, 0.29) is 11.8 Å². The molecule has 0 atom stereocenters. The molecule has 2 aromatic rings. The van der Waals surface area contributed by atoms with Gasteiger partial charge in [-0.1, -0.05) is 37.6 Å². The minimum absolute atomic E-state index is 0.0574. The number of hydrogen-bond donors (Lipinski definition) is 1. The summed E-state index contributed by atoms with van der Waals surface area (Å²) in [5.41, 5.74) is 2.60. The van der Waals surface area contributed by atoms with Gasteiger partial charge in [-0.15, -0.1) is 0 Å². The lowest BCUT2D eigenvalue weighted by Crippen LogP contribution is -2.37. The van der Waals surface area contributed by atoms with E-state index in [4.69, 9.17) is 11.6 Å². The van der Waals surface area contributed by atoms with Crippen molar-refractivity contribution < 1.29 is 9.59 Å². The van der Waals surface area contributed by atoms with Crippen molar-refractivity contribution in [2.75, 3.05) is 18.0 Å². The predicted octanol–water partition coefficient (Wildman–Crippen LogP) is 4.25. The molecule has 0 radical (unpaired) electrons. The maximum atomic E-state index is 12.1. The summed E-state index contributed by atoms with van der Waals surface area (Å²) < 4.78 is 0. The molecule has 2 amide bonds. The second-order valence-electron chi connectivity index (χ2n) is 6.18. The Morgan fingerprint density at radius 2 is 1.64 bits per heavy atom. The highest BCUT2D eigenvalue weighted by atomic mass is 35.5. The molecule has 0 spiro atoms. The molecule has 0 saturated heterocycles. The first-order chi connectivity index (χ1) is 11.9. The molecule has 0 bridgehead atoms. The molecular weight excluding hydrogens is 336 g/mol. The second-order valence-corrected chi connectivity index (χ2v) is 6.62. The number of carbonyl (C=O) groups excluding carboxylic acids is 2. The number of halogens is 1. The van der Waals surface area contributed by atoms with Crippen molar-refractivity contribution in [3.63, 3.8) is 0 Å². The number of nitrogens with zero attached hydrogens (tertiary/aromatic N) is 1. The Morgan fingerprint density at radius 1 is 1.04 bits per heavy atom. The fourth-order valence-corrected chi connectivity index (χ4v) is 2.62. The van der Waals surface area contributed by atoms with Crippen LogP contribution in [0.25, 0.3) is 0 Å². The predicted molar refractivity (Wildman–Crippen MR) is 102 cm³/mol. The third-order valence-corrected chi connectivity index (χ3v) is 4.23. The highest BCUT2D eigenvalue weighted by Crippen LogP contribution is 2.20. The Kier molecular flexibility index (Phi) is 6.59. The lowest BCUT2D eigenvalue weighted by molar-refractivity contribution is -0.116. The van der Waals surface area contributed by atoms with Crippen molar-refractivity contribution >= 4 is 29.1 Å². The highest BCUT2D eigenvalue weighted by Gasteiger charge is 2.12. The van der Waals surface area contributed by atoms with Gasteiger partial charge >= 0.3 is 0 Å². The van der Waals surface area contributed by atoms with Gasteiger partial charge < -0.3 is 10.2 Å². The highest BCUT2D eigenvalue weighted by molar-refractivity contribution is 6.30. The fourth-order valence-electron chi connectivity index (χ4n) is 2.49. The van der Waals surface area contributed by atoms with E-state index in [0.717, 1.165) is 5.69 Å². The van der Waals surface area contributed by atoms with Gasteiger partial charge in [0.15, 0.2) is 0 Å². The molecule has 0 saturated carbocycles. The second kappa shape index (κ2) is 8.67. The summed E-state index contributed by atoms with van der Waals surface area (Å²) in [7, 11) is 0. The van der Waals surface area contributed by atoms with E-state index in [1.165, 1.54) is 12.5 Å². The first-order valence-electron chi connectivity index (χ1n) is 8.30. The van der Waals surface area contributed by atoms with Gasteiger partial charge in [-0.05, 0) is 47.9 Å². The summed E-state index contributed by atoms with van der Waals surface area (Å²) in [6.45, 7) is 6.56. The molecule has 4 nitrogen and oxygen atoms in total. The van der Waals surface area contributed by atoms with Crippen molar-refractivity contribution in [3.8, 4) is 0 Å². The van der Waals surface area contributed by atoms with Crippen molar-refractivity contribution in [3.05, 3.63) is 64.7 Å². The lowest BCUT2D eigenvalue weighted by Gasteiger charge is -2.22. The topological polar surface area (TPSA) is 49.4 Å². The van der Waals surface area contributed by atoms with Crippen LogP contribution in [0.3, 0.4) is 0 Å². The molecular formula is C20H23ClN2O2. The first kappa shape index (κ1) is 19.0. The summed E-state index contributed by atoms with van der Waals surface area (Å²) in [6, 6.07) is 14.6. The number of hydrogen-bond acceptors (Lipinski definition) is 2. The standard InChI is InChI=1S/C20H23ClN2O2/c1-14(2)16-6-10-19(11-7-16)23(15(3)24)13-12-22-20(25)17-4-8-18(21)9-5-17/h4-11,14H,12-13H2,1-3H3,(H,22,25). The average molecular weight is 359 g/mol. The smallest absolute Gasteiger partial charge is 0.251 e. The third kappa shape index (κ3) is 5.33. The van der Waals surface area contributed by atoms with E-state index in [9.17, 15) is 9.59 Å². The Morgan fingerprint density at radius 3 is 2.16 bits per heavy atom. The normalized spacial score (nSPS) is 10.6. The van der Waals surface area contributed by atoms with Gasteiger partial charge in [0.05, 0.1) is 0 Å². The van der Waals surface area contributed by atoms with E-state index in [2.05, 4.69) is 19.2 Å². The number of carbonyl (C=O) groups is 2. The Bertz CT molecular complexity index is 724. The number of rotatable bonds is 6. The van der Waals surface area contributed by atoms with Gasteiger partial charge in [0.25, 0.3) is 5.91 Å². The van der Waals surface area contributed by atoms with Crippen molar-refractivity contribution in [1.29, 1.82) is 0 Å². The van der Waals surface area contributed by atoms with Crippen LogP contribution in [0.2, 0.25) is 5.02 Å². The molecule has 2 rings (SSSR count). The van der Waals surface area contributed by atoms with Crippen LogP contribution >= 0.6 is 11.6 Å². The molecule has 25 heavy (non-hydrogen) atoms. The molecule has 5 heteroatoms. The molecule has 0 aliphatic carbocycles. The maximum absolute atomic E-state index is 12.1. The van der Waals surface area contributed by atoms with Gasteiger partial charge in [-0.3, -0.25) is 9.59 Å². The van der Waals surface area contributed by atoms with Crippen LogP contribution in [0.15, 0.2) is 48.5 Å². The van der Waals surface area contributed by atoms with E-state index >= 15 is 0 Å². The zero-order valence-corrected chi connectivity index (χ0v) is 15.5. The summed E-state index contributed by atoms with van der Waals surface area (Å²) in [5.74, 6) is 0.201. The summed E-state index contributed by atoms with van der Waals surface area (Å²) >= 11 is 5.82. The van der Waals surface area contributed by atoms with E-state index in [0.29, 0.717) is 29.6 Å². The number of nitrogens with one attached hydrogen (secondary N) is 1. The molecule has 1 N–H and O–H groups in total. The molecule has 0 fully saturated rings. The quantitative estimate of drug-likeness (QED) is 0.839. The minimum atomic E-state index is -0.185. The molecule has 0 aromatic heterocycles. The van der Waals surface area contributed by atoms with Crippen LogP contribution in [0.5, 0.6) is 0 Å². The Balaban J connectivity index is 1.96. The van der Waals surface area contributed by atoms with E-state index < -0.39 is 0 Å². The molecule has 0 unspecified atom stereocenters. The van der Waals surface area contributed by atoms with Gasteiger partial charge in [0, 0.05) is 36.3 Å². The van der Waals surface area contributed by atoms with Crippen LogP contribution in [-0.4, -0.2) is 24.9 Å². The van der Waals surface area contributed by atoms with Gasteiger partial charge in [-0.25, -0.2) is 0 Å². The Labute approximate surface area is 153 Å². The SMILES string of the molecule is CC(=O)N(CCNC(=O)c1ccc(Cl)cc1)c1ccc(C(C)C)cc1. The first-order valence-corrected chi connectivity index (χ1v) is 8.68. The van der Waals surface area contributed by atoms with Crippen molar-refractivity contribution in [1.82, 2.24) is 5.32 Å². The summed E-state index contributed by atoms with van der Waals surface area (Å²) in [5, 5.41) is 3.41. The van der Waals surface area contributed by atoms with Crippen LogP contribution in [0.4, 0.5) is 5.69 Å². The van der Waals surface area contributed by atoms with Gasteiger partial charge in [-0.2, -0.15) is 0 Å². The molecule has 0 heterocycles. The van der Waals surface area contributed by atoms with Gasteiger partial charge in [0.2, 0.25) is 5.91 Å². The van der Waals surface area contributed by atoms with Crippen molar-refractivity contribution in [2.24, 2.45) is 0 Å². The largest absolute Gasteiger partial charge is 0.350 e. The molecule has 0 aliphatic heterocycles. The third-order valence-electron chi connectivity index (χ3n) is 3.98. The van der Waals surface area contributed by atoms with Crippen LogP contribution in [-0.2, 0) is 4.79 Å². The maximum Gasteiger partial charge on any atom is 0.251 e. The lowest BCUT2D eigenvalue weighted by atomic mass is 10.0. The fraction of sp³-hybridized carbons (Fsp3) is 0.300. The van der Waals surface area contributed by atoms with Crippen molar-refractivity contribution in [2.45, 2.75) is 26.7 Å². The number of anilines is 1. The zero-order valence-electron chi connectivity index (χ0n) is 14.8. The molecule has 0 aliphatic rings. The minimum Gasteiger partial charge on any atom is -0.350 e. The van der Waals surface area contributed by atoms with Crippen LogP contribution in [0.1, 0.15) is 42.6 Å². The molecule has 2 aromatic carbocycles. The van der Waals surface area contributed by atoms with E-state index in [1.807, 2.05) is 24.3 Å². The zero-order chi connectivity index (χ0) is 18.4. The van der Waals surface area contributed by atoms with Crippen LogP contribution < -0.4 is 10.2 Å². The van der Waals surface area contributed by atoms with Crippen LogP contribution in [0, 0.1) is 0 Å². The summed E-state index contributed by atoms with van der Waals surface area (Å²) in [6.07, 6.45) is 0. The number of amides is 2. The summed E-state index contributed by atoms with van der Waals surface area (Å²) in [4.78, 5) is 25.7. The number of benzene rings is 2. The molecule has 132 valence electrons. The average Bonchev–Trinajstić information content (AvgIpc) is 2.59. The van der Waals surface area contributed by atoms with E-state index in [1.54, 1.807) is 29.2 Å². The monoisotopic (exact) mass is 358 g/mol. The van der Waals surface area contributed by atoms with Gasteiger partial charge in [0.1, 0.15) is 0 Å².